The molecule has 4 aromatic heterocycles. The summed E-state index contributed by atoms with van der Waals surface area (Å²) in [5.74, 6) is 1.93. The van der Waals surface area contributed by atoms with Crippen molar-refractivity contribution in [3.63, 3.8) is 0 Å². The van der Waals surface area contributed by atoms with Gasteiger partial charge in [-0.3, -0.25) is 10.2 Å². The van der Waals surface area contributed by atoms with Gasteiger partial charge in [-0.2, -0.15) is 10.2 Å². The summed E-state index contributed by atoms with van der Waals surface area (Å²) in [6.07, 6.45) is 3.24. The molecule has 0 aliphatic carbocycles. The fourth-order valence-electron chi connectivity index (χ4n) is 1.99. The first-order valence-electron chi connectivity index (χ1n) is 8.84. The number of aromatic nitrogens is 8. The molecule has 0 aromatic carbocycles. The van der Waals surface area contributed by atoms with Crippen molar-refractivity contribution in [3.05, 3.63) is 62.8 Å². The highest BCUT2D eigenvalue weighted by Crippen LogP contribution is 2.17. The van der Waals surface area contributed by atoms with Crippen molar-refractivity contribution in [3.8, 4) is 0 Å². The normalized spacial score (nSPS) is 9.90. The van der Waals surface area contributed by atoms with Crippen molar-refractivity contribution >= 4 is 52.3 Å². The number of rotatable bonds is 2. The molecule has 0 bridgehead atoms. The number of anilines is 3. The molecule has 0 unspecified atom stereocenters. The zero-order valence-corrected chi connectivity index (χ0v) is 19.5. The summed E-state index contributed by atoms with van der Waals surface area (Å²) in [6.45, 7) is 7.55. The molecule has 0 atom stereocenters. The number of aryl methyl sites for hydroxylation is 4. The van der Waals surface area contributed by atoms with Crippen LogP contribution < -0.4 is 11.1 Å². The first-order chi connectivity index (χ1) is 14.6. The highest BCUT2D eigenvalue weighted by molar-refractivity contribution is 6.32. The number of hydrogen-bond donors (Lipinski definition) is 4. The van der Waals surface area contributed by atoms with Crippen molar-refractivity contribution in [2.24, 2.45) is 0 Å². The Morgan fingerprint density at radius 2 is 1.39 bits per heavy atom. The number of nitrogens with one attached hydrogen (secondary N) is 3. The molecule has 5 N–H and O–H groups in total. The van der Waals surface area contributed by atoms with E-state index in [-0.39, 0.29) is 10.6 Å². The minimum absolute atomic E-state index is 0.186. The molecule has 0 aliphatic rings. The lowest BCUT2D eigenvalue weighted by Crippen LogP contribution is -1.98. The second-order valence-electron chi connectivity index (χ2n) is 6.32. The zero-order valence-electron chi connectivity index (χ0n) is 17.2. The van der Waals surface area contributed by atoms with Crippen LogP contribution in [0.4, 0.5) is 17.5 Å². The van der Waals surface area contributed by atoms with Crippen LogP contribution in [-0.2, 0) is 0 Å². The molecule has 4 rings (SSSR count). The van der Waals surface area contributed by atoms with Crippen LogP contribution in [-0.4, -0.2) is 40.3 Å². The Hall–Kier alpha value is -2.95. The fraction of sp³-hybridized carbons (Fsp3) is 0.222. The van der Waals surface area contributed by atoms with Crippen molar-refractivity contribution in [2.75, 3.05) is 11.1 Å². The topological polar surface area (TPSA) is 147 Å². The third-order valence-electron chi connectivity index (χ3n) is 3.50. The predicted octanol–water partition coefficient (Wildman–Crippen LogP) is 4.61. The Labute approximate surface area is 194 Å². The molecule has 0 fully saturated rings. The molecule has 0 saturated carbocycles. The third-order valence-corrected chi connectivity index (χ3v) is 4.25. The van der Waals surface area contributed by atoms with E-state index in [0.717, 1.165) is 22.5 Å². The quantitative estimate of drug-likeness (QED) is 0.239. The van der Waals surface area contributed by atoms with Gasteiger partial charge in [-0.25, -0.2) is 19.9 Å². The van der Waals surface area contributed by atoms with E-state index in [2.05, 4.69) is 45.6 Å². The molecule has 0 radical (unpaired) electrons. The van der Waals surface area contributed by atoms with Crippen LogP contribution in [0.2, 0.25) is 15.7 Å². The van der Waals surface area contributed by atoms with Gasteiger partial charge in [-0.05, 0) is 50.9 Å². The number of nitrogens with zero attached hydrogens (tertiary/aromatic N) is 6. The molecule has 0 amide bonds. The lowest BCUT2D eigenvalue weighted by molar-refractivity contribution is 1.04. The molecule has 164 valence electrons. The van der Waals surface area contributed by atoms with Crippen LogP contribution in [0.1, 0.15) is 22.5 Å². The molecular weight excluding hydrogens is 463 g/mol. The Morgan fingerprint density at radius 1 is 0.806 bits per heavy atom. The van der Waals surface area contributed by atoms with Crippen LogP contribution in [0.25, 0.3) is 0 Å². The van der Waals surface area contributed by atoms with E-state index in [1.807, 2.05) is 33.8 Å². The Morgan fingerprint density at radius 3 is 1.84 bits per heavy atom. The van der Waals surface area contributed by atoms with Gasteiger partial charge >= 0.3 is 0 Å². The number of nitrogen functional groups attached to an aromatic ring is 1. The average molecular weight is 484 g/mol. The number of aromatic amines is 2. The van der Waals surface area contributed by atoms with E-state index in [0.29, 0.717) is 22.6 Å². The smallest absolute Gasteiger partial charge is 0.224 e. The fourth-order valence-corrected chi connectivity index (χ4v) is 2.43. The summed E-state index contributed by atoms with van der Waals surface area (Å²) in [5, 5.41) is 17.1. The van der Waals surface area contributed by atoms with E-state index in [1.165, 1.54) is 0 Å². The van der Waals surface area contributed by atoms with Crippen molar-refractivity contribution in [1.82, 2.24) is 40.3 Å². The molecular formula is C18H21Cl3N10. The Bertz CT molecular complexity index is 1110. The van der Waals surface area contributed by atoms with Gasteiger partial charge < -0.3 is 11.1 Å². The van der Waals surface area contributed by atoms with Gasteiger partial charge in [-0.15, -0.1) is 0 Å². The second kappa shape index (κ2) is 11.4. The summed E-state index contributed by atoms with van der Waals surface area (Å²) in [7, 11) is 0. The highest BCUT2D eigenvalue weighted by atomic mass is 35.5. The van der Waals surface area contributed by atoms with E-state index in [9.17, 15) is 0 Å². The zero-order chi connectivity index (χ0) is 23.0. The lowest BCUT2D eigenvalue weighted by atomic mass is 10.3. The molecule has 0 spiro atoms. The highest BCUT2D eigenvalue weighted by Gasteiger charge is 2.04. The minimum atomic E-state index is 0.186. The Balaban J connectivity index is 0.000000181. The average Bonchev–Trinajstić information content (AvgIpc) is 3.29. The molecule has 4 heterocycles. The summed E-state index contributed by atoms with van der Waals surface area (Å²) in [6, 6.07) is 3.66. The van der Waals surface area contributed by atoms with Crippen LogP contribution in [0, 0.1) is 27.7 Å². The van der Waals surface area contributed by atoms with Crippen molar-refractivity contribution in [1.29, 1.82) is 0 Å². The van der Waals surface area contributed by atoms with Crippen LogP contribution in [0.5, 0.6) is 0 Å². The SMILES string of the molecule is Cc1cc(N)n[nH]1.Cc1cc(Nc2nc(Cl)ncc2C)n[nH]1.Cc1cnc(Cl)nc1Cl. The van der Waals surface area contributed by atoms with E-state index >= 15 is 0 Å². The summed E-state index contributed by atoms with van der Waals surface area (Å²) in [5.41, 5.74) is 8.97. The van der Waals surface area contributed by atoms with Crippen molar-refractivity contribution in [2.45, 2.75) is 27.7 Å². The van der Waals surface area contributed by atoms with Gasteiger partial charge in [0.1, 0.15) is 16.8 Å². The Kier molecular flexibility index (Phi) is 8.98. The number of hydrogen-bond acceptors (Lipinski definition) is 8. The molecule has 31 heavy (non-hydrogen) atoms. The van der Waals surface area contributed by atoms with Gasteiger partial charge in [0, 0.05) is 47.0 Å². The van der Waals surface area contributed by atoms with Crippen LogP contribution in [0.15, 0.2) is 24.5 Å². The number of H-pyrrole nitrogens is 2. The second-order valence-corrected chi connectivity index (χ2v) is 7.35. The standard InChI is InChI=1S/C9H10ClN5.C5H4Cl2N2.C4H7N3/c1-5-4-11-9(10)13-8(5)12-7-3-6(2)14-15-7;1-3-2-8-5(7)9-4(3)6;1-3-2-4(5)7-6-3/h3-4H,1-2H3,(H2,11,12,13,14,15);2H,1H3;2H,1H3,(H3,5,6,7). The van der Waals surface area contributed by atoms with Gasteiger partial charge in [0.15, 0.2) is 5.82 Å². The maximum absolute atomic E-state index is 5.70. The van der Waals surface area contributed by atoms with Crippen LogP contribution in [0.3, 0.4) is 0 Å². The van der Waals surface area contributed by atoms with Gasteiger partial charge in [-0.1, -0.05) is 11.6 Å². The molecule has 13 heteroatoms. The predicted molar refractivity (Wildman–Crippen MR) is 123 cm³/mol. The maximum atomic E-state index is 5.70. The van der Waals surface area contributed by atoms with Gasteiger partial charge in [0.25, 0.3) is 0 Å². The first kappa shape index (κ1) is 24.3. The maximum Gasteiger partial charge on any atom is 0.224 e. The van der Waals surface area contributed by atoms with Gasteiger partial charge in [0.2, 0.25) is 10.6 Å². The largest absolute Gasteiger partial charge is 0.382 e. The van der Waals surface area contributed by atoms with Crippen LogP contribution >= 0.6 is 34.8 Å². The van der Waals surface area contributed by atoms with Crippen molar-refractivity contribution < 1.29 is 0 Å². The molecule has 0 aliphatic heterocycles. The third kappa shape index (κ3) is 8.36. The molecule has 4 aromatic rings. The summed E-state index contributed by atoms with van der Waals surface area (Å²) in [4.78, 5) is 15.3. The van der Waals surface area contributed by atoms with Gasteiger partial charge in [0.05, 0.1) is 0 Å². The first-order valence-corrected chi connectivity index (χ1v) is 9.97. The molecule has 0 saturated heterocycles. The lowest BCUT2D eigenvalue weighted by Gasteiger charge is -2.04. The molecule has 10 nitrogen and oxygen atoms in total. The summed E-state index contributed by atoms with van der Waals surface area (Å²) < 4.78 is 0. The van der Waals surface area contributed by atoms with E-state index in [1.54, 1.807) is 18.5 Å². The summed E-state index contributed by atoms with van der Waals surface area (Å²) >= 11 is 16.7. The van der Waals surface area contributed by atoms with E-state index < -0.39 is 0 Å². The van der Waals surface area contributed by atoms with E-state index in [4.69, 9.17) is 40.5 Å². The number of nitrogens with two attached hydrogens (primary N) is 1. The number of halogens is 3. The monoisotopic (exact) mass is 482 g/mol. The minimum Gasteiger partial charge on any atom is -0.382 e.